The second kappa shape index (κ2) is 11.5. The number of carbonyl (C=O) groups excluding carboxylic acids is 2. The molecule has 0 saturated carbocycles. The lowest BCUT2D eigenvalue weighted by Gasteiger charge is -2.29. The van der Waals surface area contributed by atoms with Crippen molar-refractivity contribution in [3.8, 4) is 5.75 Å². The molecule has 0 aliphatic carbocycles. The molecule has 0 heterocycles. The third-order valence-electron chi connectivity index (χ3n) is 5.55. The Labute approximate surface area is 186 Å². The molecule has 0 unspecified atom stereocenters. The molecule has 0 spiro atoms. The van der Waals surface area contributed by atoms with Crippen molar-refractivity contribution in [3.05, 3.63) is 64.2 Å². The van der Waals surface area contributed by atoms with Gasteiger partial charge in [0.25, 0.3) is 5.91 Å². The number of amides is 2. The molecule has 5 nitrogen and oxygen atoms in total. The van der Waals surface area contributed by atoms with Crippen molar-refractivity contribution in [2.24, 2.45) is 0 Å². The quantitative estimate of drug-likeness (QED) is 0.566. The third kappa shape index (κ3) is 7.12. The van der Waals surface area contributed by atoms with Gasteiger partial charge >= 0.3 is 0 Å². The van der Waals surface area contributed by atoms with Crippen molar-refractivity contribution in [2.45, 2.75) is 67.0 Å². The molecular formula is C26H36N2O3. The zero-order chi connectivity index (χ0) is 23.0. The number of nitrogens with one attached hydrogen (secondary N) is 1. The normalized spacial score (nSPS) is 11.7. The summed E-state index contributed by atoms with van der Waals surface area (Å²) in [5.41, 5.74) is 5.35. The molecule has 2 rings (SSSR count). The standard InChI is InChI=1S/C26H36N2O3/c1-7-8-12-27-26(30)22(6)28(16-23-11-9-10-18(2)14-23)25(29)17-31-24-15-19(3)13-20(4)21(24)5/h9-11,13-15,22H,7-8,12,16-17H2,1-6H3,(H,27,30)/t22-/m0/s1. The molecule has 5 heteroatoms. The van der Waals surface area contributed by atoms with Crippen LogP contribution >= 0.6 is 0 Å². The van der Waals surface area contributed by atoms with Gasteiger partial charge in [0.2, 0.25) is 5.91 Å². The van der Waals surface area contributed by atoms with Crippen LogP contribution in [0.4, 0.5) is 0 Å². The highest BCUT2D eigenvalue weighted by Gasteiger charge is 2.26. The molecule has 0 fully saturated rings. The average molecular weight is 425 g/mol. The highest BCUT2D eigenvalue weighted by atomic mass is 16.5. The summed E-state index contributed by atoms with van der Waals surface area (Å²) in [6.07, 6.45) is 1.92. The van der Waals surface area contributed by atoms with E-state index in [0.717, 1.165) is 40.7 Å². The van der Waals surface area contributed by atoms with E-state index in [1.54, 1.807) is 11.8 Å². The minimum atomic E-state index is -0.589. The van der Waals surface area contributed by atoms with Crippen LogP contribution in [0, 0.1) is 27.7 Å². The highest BCUT2D eigenvalue weighted by Crippen LogP contribution is 2.23. The van der Waals surface area contributed by atoms with Gasteiger partial charge in [-0.25, -0.2) is 0 Å². The first-order valence-corrected chi connectivity index (χ1v) is 11.1. The van der Waals surface area contributed by atoms with Gasteiger partial charge in [-0.05, 0) is 69.4 Å². The van der Waals surface area contributed by atoms with Crippen LogP contribution in [0.5, 0.6) is 5.75 Å². The van der Waals surface area contributed by atoms with Crippen molar-refractivity contribution in [3.63, 3.8) is 0 Å². The van der Waals surface area contributed by atoms with E-state index in [0.29, 0.717) is 18.8 Å². The Bertz CT molecular complexity index is 908. The predicted octanol–water partition coefficient (Wildman–Crippen LogP) is 4.63. The van der Waals surface area contributed by atoms with Crippen molar-refractivity contribution in [1.29, 1.82) is 0 Å². The van der Waals surface area contributed by atoms with Crippen LogP contribution in [0.3, 0.4) is 0 Å². The second-order valence-corrected chi connectivity index (χ2v) is 8.32. The van der Waals surface area contributed by atoms with Gasteiger partial charge in [-0.2, -0.15) is 0 Å². The summed E-state index contributed by atoms with van der Waals surface area (Å²) in [5, 5.41) is 2.94. The minimum Gasteiger partial charge on any atom is -0.483 e. The Morgan fingerprint density at radius 1 is 1.06 bits per heavy atom. The third-order valence-corrected chi connectivity index (χ3v) is 5.55. The van der Waals surface area contributed by atoms with Gasteiger partial charge < -0.3 is 15.0 Å². The van der Waals surface area contributed by atoms with Crippen molar-refractivity contribution in [2.75, 3.05) is 13.2 Å². The molecule has 0 bridgehead atoms. The molecule has 0 aliphatic heterocycles. The van der Waals surface area contributed by atoms with E-state index in [1.807, 2.05) is 58.0 Å². The van der Waals surface area contributed by atoms with Crippen LogP contribution < -0.4 is 10.1 Å². The number of benzene rings is 2. The van der Waals surface area contributed by atoms with E-state index < -0.39 is 6.04 Å². The van der Waals surface area contributed by atoms with Gasteiger partial charge in [0.1, 0.15) is 11.8 Å². The van der Waals surface area contributed by atoms with E-state index >= 15 is 0 Å². The first kappa shape index (κ1) is 24.4. The Balaban J connectivity index is 2.18. The largest absolute Gasteiger partial charge is 0.483 e. The highest BCUT2D eigenvalue weighted by molar-refractivity contribution is 5.88. The van der Waals surface area contributed by atoms with Gasteiger partial charge in [0.15, 0.2) is 6.61 Å². The molecule has 0 aliphatic rings. The van der Waals surface area contributed by atoms with Gasteiger partial charge in [0.05, 0.1) is 0 Å². The first-order chi connectivity index (χ1) is 14.7. The van der Waals surface area contributed by atoms with Crippen LogP contribution in [0.1, 0.15) is 54.5 Å². The number of carbonyl (C=O) groups is 2. The average Bonchev–Trinajstić information content (AvgIpc) is 2.73. The van der Waals surface area contributed by atoms with Gasteiger partial charge in [-0.15, -0.1) is 0 Å². The summed E-state index contributed by atoms with van der Waals surface area (Å²) >= 11 is 0. The monoisotopic (exact) mass is 424 g/mol. The minimum absolute atomic E-state index is 0.109. The molecule has 0 aromatic heterocycles. The Morgan fingerprint density at radius 3 is 2.48 bits per heavy atom. The van der Waals surface area contributed by atoms with Crippen molar-refractivity contribution in [1.82, 2.24) is 10.2 Å². The maximum absolute atomic E-state index is 13.2. The van der Waals surface area contributed by atoms with Gasteiger partial charge in [0, 0.05) is 13.1 Å². The van der Waals surface area contributed by atoms with Crippen molar-refractivity contribution < 1.29 is 14.3 Å². The van der Waals surface area contributed by atoms with E-state index in [2.05, 4.69) is 18.3 Å². The Kier molecular flexibility index (Phi) is 9.10. The molecule has 0 saturated heterocycles. The van der Waals surface area contributed by atoms with Crippen molar-refractivity contribution >= 4 is 11.8 Å². The number of aryl methyl sites for hydroxylation is 3. The maximum Gasteiger partial charge on any atom is 0.261 e. The number of hydrogen-bond acceptors (Lipinski definition) is 3. The number of hydrogen-bond donors (Lipinski definition) is 1. The summed E-state index contributed by atoms with van der Waals surface area (Å²) in [6.45, 7) is 12.8. The molecule has 2 aromatic carbocycles. The molecule has 2 aromatic rings. The van der Waals surface area contributed by atoms with E-state index in [-0.39, 0.29) is 18.4 Å². The zero-order valence-corrected chi connectivity index (χ0v) is 19.7. The second-order valence-electron chi connectivity index (χ2n) is 8.32. The smallest absolute Gasteiger partial charge is 0.261 e. The van der Waals surface area contributed by atoms with E-state index in [4.69, 9.17) is 4.74 Å². The SMILES string of the molecule is CCCCNC(=O)[C@H](C)N(Cc1cccc(C)c1)C(=O)COc1cc(C)cc(C)c1C. The van der Waals surface area contributed by atoms with Gasteiger partial charge in [-0.1, -0.05) is 49.2 Å². The lowest BCUT2D eigenvalue weighted by molar-refractivity contribution is -0.142. The predicted molar refractivity (Wildman–Crippen MR) is 125 cm³/mol. The fraction of sp³-hybridized carbons (Fsp3) is 0.462. The Morgan fingerprint density at radius 2 is 1.81 bits per heavy atom. The van der Waals surface area contributed by atoms with Crippen LogP contribution in [-0.2, 0) is 16.1 Å². The molecule has 1 N–H and O–H groups in total. The fourth-order valence-corrected chi connectivity index (χ4v) is 3.50. The molecule has 31 heavy (non-hydrogen) atoms. The maximum atomic E-state index is 13.2. The lowest BCUT2D eigenvalue weighted by Crippen LogP contribution is -2.49. The van der Waals surface area contributed by atoms with Crippen LogP contribution in [0.15, 0.2) is 36.4 Å². The zero-order valence-electron chi connectivity index (χ0n) is 19.7. The molecule has 168 valence electrons. The van der Waals surface area contributed by atoms with E-state index in [1.165, 1.54) is 0 Å². The topological polar surface area (TPSA) is 58.6 Å². The molecular weight excluding hydrogens is 388 g/mol. The van der Waals surface area contributed by atoms with Crippen LogP contribution in [0.25, 0.3) is 0 Å². The van der Waals surface area contributed by atoms with E-state index in [9.17, 15) is 9.59 Å². The summed E-state index contributed by atoms with van der Waals surface area (Å²) in [7, 11) is 0. The van der Waals surface area contributed by atoms with Gasteiger partial charge in [-0.3, -0.25) is 9.59 Å². The summed E-state index contributed by atoms with van der Waals surface area (Å²) < 4.78 is 5.91. The lowest BCUT2D eigenvalue weighted by atomic mass is 10.1. The number of ether oxygens (including phenoxy) is 1. The summed E-state index contributed by atoms with van der Waals surface area (Å²) in [5.74, 6) is 0.358. The fourth-order valence-electron chi connectivity index (χ4n) is 3.50. The summed E-state index contributed by atoms with van der Waals surface area (Å²) in [4.78, 5) is 27.5. The number of rotatable bonds is 10. The first-order valence-electron chi connectivity index (χ1n) is 11.1. The Hall–Kier alpha value is -2.82. The van der Waals surface area contributed by atoms with Crippen LogP contribution in [0.2, 0.25) is 0 Å². The molecule has 2 amide bonds. The summed E-state index contributed by atoms with van der Waals surface area (Å²) in [6, 6.07) is 11.4. The number of nitrogens with zero attached hydrogens (tertiary/aromatic N) is 1. The molecule has 0 radical (unpaired) electrons. The molecule has 1 atom stereocenters. The van der Waals surface area contributed by atoms with Crippen LogP contribution in [-0.4, -0.2) is 35.9 Å². The number of unbranched alkanes of at least 4 members (excludes halogenated alkanes) is 1.